The first kappa shape index (κ1) is 15.2. The number of carboxylic acids is 1. The summed E-state index contributed by atoms with van der Waals surface area (Å²) in [7, 11) is 0. The maximum Gasteiger partial charge on any atom is 0.355 e. The molecule has 0 fully saturated rings. The van der Waals surface area contributed by atoms with Gasteiger partial charge in [-0.2, -0.15) is 0 Å². The Hall–Kier alpha value is -2.22. The minimum absolute atomic E-state index is 0.0269. The SMILES string of the molecule is Cc1cc(=O)[nH]c(Sc2cnc(C(C)C)nc2C(=O)O)n1. The normalized spacial score (nSPS) is 10.9. The highest BCUT2D eigenvalue weighted by Gasteiger charge is 2.17. The summed E-state index contributed by atoms with van der Waals surface area (Å²) < 4.78 is 0. The molecular weight excluding hydrogens is 292 g/mol. The second-order valence-corrected chi connectivity index (χ2v) is 5.73. The van der Waals surface area contributed by atoms with E-state index in [-0.39, 0.29) is 17.2 Å². The summed E-state index contributed by atoms with van der Waals surface area (Å²) in [6.45, 7) is 5.45. The third-order valence-electron chi connectivity index (χ3n) is 2.55. The van der Waals surface area contributed by atoms with E-state index in [1.165, 1.54) is 12.3 Å². The molecule has 2 rings (SSSR count). The molecule has 0 radical (unpaired) electrons. The van der Waals surface area contributed by atoms with E-state index in [0.717, 1.165) is 11.8 Å². The number of nitrogens with one attached hydrogen (secondary N) is 1. The lowest BCUT2D eigenvalue weighted by Gasteiger charge is -2.08. The largest absolute Gasteiger partial charge is 0.476 e. The zero-order chi connectivity index (χ0) is 15.6. The highest BCUT2D eigenvalue weighted by Crippen LogP contribution is 2.27. The van der Waals surface area contributed by atoms with Gasteiger partial charge in [0.1, 0.15) is 5.82 Å². The Balaban J connectivity index is 2.43. The summed E-state index contributed by atoms with van der Waals surface area (Å²) in [6, 6.07) is 1.36. The van der Waals surface area contributed by atoms with E-state index in [1.54, 1.807) is 6.92 Å². The molecule has 0 atom stereocenters. The number of nitrogens with zero attached hydrogens (tertiary/aromatic N) is 3. The molecule has 110 valence electrons. The summed E-state index contributed by atoms with van der Waals surface area (Å²) in [5.41, 5.74) is 0.169. The molecule has 0 spiro atoms. The van der Waals surface area contributed by atoms with Crippen molar-refractivity contribution in [1.29, 1.82) is 0 Å². The lowest BCUT2D eigenvalue weighted by Crippen LogP contribution is -2.10. The number of H-pyrrole nitrogens is 1. The lowest BCUT2D eigenvalue weighted by atomic mass is 10.2. The van der Waals surface area contributed by atoms with E-state index in [2.05, 4.69) is 19.9 Å². The molecule has 0 aromatic carbocycles. The Bertz CT molecular complexity index is 742. The number of aromatic amines is 1. The van der Waals surface area contributed by atoms with Crippen molar-refractivity contribution in [3.8, 4) is 0 Å². The molecule has 21 heavy (non-hydrogen) atoms. The molecule has 0 aliphatic rings. The number of rotatable bonds is 4. The summed E-state index contributed by atoms with van der Waals surface area (Å²) in [6.07, 6.45) is 1.44. The van der Waals surface area contributed by atoms with Gasteiger partial charge < -0.3 is 10.1 Å². The fourth-order valence-electron chi connectivity index (χ4n) is 1.59. The van der Waals surface area contributed by atoms with Crippen molar-refractivity contribution < 1.29 is 9.90 Å². The molecular formula is C13H14N4O3S. The maximum atomic E-state index is 11.4. The average molecular weight is 306 g/mol. The van der Waals surface area contributed by atoms with Gasteiger partial charge in [-0.1, -0.05) is 13.8 Å². The van der Waals surface area contributed by atoms with Crippen molar-refractivity contribution in [3.05, 3.63) is 39.8 Å². The first-order valence-electron chi connectivity index (χ1n) is 6.23. The first-order valence-corrected chi connectivity index (χ1v) is 7.04. The second-order valence-electron chi connectivity index (χ2n) is 4.69. The molecule has 2 aromatic rings. The van der Waals surface area contributed by atoms with Crippen LogP contribution in [0.15, 0.2) is 27.1 Å². The predicted molar refractivity (Wildman–Crippen MR) is 76.8 cm³/mol. The maximum absolute atomic E-state index is 11.4. The molecule has 7 nitrogen and oxygen atoms in total. The fraction of sp³-hybridized carbons (Fsp3) is 0.308. The molecule has 0 aliphatic carbocycles. The Kier molecular flexibility index (Phi) is 4.37. The second kappa shape index (κ2) is 6.04. The van der Waals surface area contributed by atoms with Crippen molar-refractivity contribution in [2.24, 2.45) is 0 Å². The van der Waals surface area contributed by atoms with Crippen molar-refractivity contribution in [2.75, 3.05) is 0 Å². The van der Waals surface area contributed by atoms with Gasteiger partial charge in [-0.05, 0) is 18.7 Å². The third kappa shape index (κ3) is 3.66. The molecule has 0 bridgehead atoms. The van der Waals surface area contributed by atoms with Crippen LogP contribution in [0.3, 0.4) is 0 Å². The quantitative estimate of drug-likeness (QED) is 0.829. The van der Waals surface area contributed by atoms with Gasteiger partial charge in [0.15, 0.2) is 10.9 Å². The smallest absolute Gasteiger partial charge is 0.355 e. The van der Waals surface area contributed by atoms with Crippen LogP contribution in [0, 0.1) is 6.92 Å². The summed E-state index contributed by atoms with van der Waals surface area (Å²) in [5.74, 6) is -0.654. The lowest BCUT2D eigenvalue weighted by molar-refractivity contribution is 0.0685. The standard InChI is InChI=1S/C13H14N4O3S/c1-6(2)11-14-5-8(10(17-11)12(19)20)21-13-15-7(3)4-9(18)16-13/h4-6H,1-3H3,(H,19,20)(H,15,16,18). The monoisotopic (exact) mass is 306 g/mol. The molecule has 0 saturated heterocycles. The van der Waals surface area contributed by atoms with Crippen LogP contribution in [0.1, 0.15) is 41.8 Å². The number of aromatic carboxylic acids is 1. The Morgan fingerprint density at radius 2 is 2.10 bits per heavy atom. The van der Waals surface area contributed by atoms with Crippen LogP contribution < -0.4 is 5.56 Å². The van der Waals surface area contributed by atoms with E-state index in [1.807, 2.05) is 13.8 Å². The molecule has 0 saturated carbocycles. The Labute approximate surface area is 124 Å². The summed E-state index contributed by atoms with van der Waals surface area (Å²) in [5, 5.41) is 9.57. The highest BCUT2D eigenvalue weighted by atomic mass is 32.2. The molecule has 2 N–H and O–H groups in total. The number of carboxylic acid groups (broad SMARTS) is 1. The van der Waals surface area contributed by atoms with Crippen molar-refractivity contribution >= 4 is 17.7 Å². The van der Waals surface area contributed by atoms with Crippen molar-refractivity contribution in [2.45, 2.75) is 36.7 Å². The van der Waals surface area contributed by atoms with E-state index in [9.17, 15) is 14.7 Å². The van der Waals surface area contributed by atoms with Gasteiger partial charge >= 0.3 is 5.97 Å². The molecule has 0 aliphatic heterocycles. The number of hydrogen-bond donors (Lipinski definition) is 2. The van der Waals surface area contributed by atoms with Crippen LogP contribution in [0.25, 0.3) is 0 Å². The zero-order valence-corrected chi connectivity index (χ0v) is 12.6. The summed E-state index contributed by atoms with van der Waals surface area (Å²) >= 11 is 1.02. The van der Waals surface area contributed by atoms with Gasteiger partial charge in [-0.15, -0.1) is 0 Å². The first-order chi connectivity index (χ1) is 9.86. The number of carbonyl (C=O) groups is 1. The highest BCUT2D eigenvalue weighted by molar-refractivity contribution is 7.99. The average Bonchev–Trinajstić information content (AvgIpc) is 2.37. The summed E-state index contributed by atoms with van der Waals surface area (Å²) in [4.78, 5) is 38.0. The zero-order valence-electron chi connectivity index (χ0n) is 11.7. The minimum Gasteiger partial charge on any atom is -0.476 e. The van der Waals surface area contributed by atoms with Crippen LogP contribution in [0.2, 0.25) is 0 Å². The van der Waals surface area contributed by atoms with Gasteiger partial charge in [0.2, 0.25) is 0 Å². The van der Waals surface area contributed by atoms with E-state index in [0.29, 0.717) is 21.6 Å². The Morgan fingerprint density at radius 3 is 2.67 bits per heavy atom. The van der Waals surface area contributed by atoms with Gasteiger partial charge in [0.05, 0.1) is 4.90 Å². The Morgan fingerprint density at radius 1 is 1.38 bits per heavy atom. The molecule has 8 heteroatoms. The molecule has 2 aromatic heterocycles. The molecule has 0 unspecified atom stereocenters. The number of aromatic nitrogens is 4. The van der Waals surface area contributed by atoms with Crippen LogP contribution in [-0.4, -0.2) is 31.0 Å². The predicted octanol–water partition coefficient (Wildman–Crippen LogP) is 1.84. The van der Waals surface area contributed by atoms with E-state index < -0.39 is 5.97 Å². The molecule has 0 amide bonds. The molecule has 2 heterocycles. The van der Waals surface area contributed by atoms with E-state index in [4.69, 9.17) is 0 Å². The number of aryl methyl sites for hydroxylation is 1. The van der Waals surface area contributed by atoms with Crippen LogP contribution in [0.5, 0.6) is 0 Å². The minimum atomic E-state index is -1.14. The van der Waals surface area contributed by atoms with Crippen LogP contribution in [-0.2, 0) is 0 Å². The van der Waals surface area contributed by atoms with Gasteiger partial charge in [-0.3, -0.25) is 4.79 Å². The van der Waals surface area contributed by atoms with Crippen LogP contribution >= 0.6 is 11.8 Å². The van der Waals surface area contributed by atoms with Crippen molar-refractivity contribution in [1.82, 2.24) is 19.9 Å². The van der Waals surface area contributed by atoms with Crippen LogP contribution in [0.4, 0.5) is 0 Å². The third-order valence-corrected chi connectivity index (χ3v) is 3.45. The van der Waals surface area contributed by atoms with Gasteiger partial charge in [0, 0.05) is 23.9 Å². The number of hydrogen-bond acceptors (Lipinski definition) is 6. The topological polar surface area (TPSA) is 109 Å². The fourth-order valence-corrected chi connectivity index (χ4v) is 2.48. The van der Waals surface area contributed by atoms with E-state index >= 15 is 0 Å². The van der Waals surface area contributed by atoms with Gasteiger partial charge in [0.25, 0.3) is 5.56 Å². The van der Waals surface area contributed by atoms with Crippen molar-refractivity contribution in [3.63, 3.8) is 0 Å². The van der Waals surface area contributed by atoms with Gasteiger partial charge in [-0.25, -0.2) is 19.7 Å².